The van der Waals surface area contributed by atoms with Gasteiger partial charge in [0.15, 0.2) is 5.16 Å². The van der Waals surface area contributed by atoms with Crippen molar-refractivity contribution in [2.24, 2.45) is 0 Å². The lowest BCUT2D eigenvalue weighted by Gasteiger charge is -2.14. The summed E-state index contributed by atoms with van der Waals surface area (Å²) in [4.78, 5) is 46.4. The highest BCUT2D eigenvalue weighted by Gasteiger charge is 2.32. The molecular formula is C23H21N5O4S3. The van der Waals surface area contributed by atoms with E-state index in [0.717, 1.165) is 16.6 Å². The van der Waals surface area contributed by atoms with E-state index in [0.29, 0.717) is 20.1 Å². The van der Waals surface area contributed by atoms with Crippen LogP contribution in [0.5, 0.6) is 5.75 Å². The van der Waals surface area contributed by atoms with Gasteiger partial charge >= 0.3 is 0 Å². The number of H-pyrrole nitrogens is 1. The van der Waals surface area contributed by atoms with E-state index < -0.39 is 5.91 Å². The number of para-hydroxylation sites is 3. The van der Waals surface area contributed by atoms with E-state index in [1.165, 1.54) is 28.4 Å². The first-order valence-electron chi connectivity index (χ1n) is 10.5. The Morgan fingerprint density at radius 1 is 1.17 bits per heavy atom. The molecule has 0 atom stereocenters. The lowest BCUT2D eigenvalue weighted by molar-refractivity contribution is -0.128. The SMILES string of the molecule is COc1ccccc1/C=C1\SC(=S)N(CCC(=O)NNC(=O)CSc2nc3ccccc3[nH]2)C1=O. The van der Waals surface area contributed by atoms with Crippen molar-refractivity contribution in [2.45, 2.75) is 11.6 Å². The minimum atomic E-state index is -0.435. The fraction of sp³-hybridized carbons (Fsp3) is 0.174. The lowest BCUT2D eigenvalue weighted by atomic mass is 10.2. The van der Waals surface area contributed by atoms with Crippen LogP contribution >= 0.6 is 35.7 Å². The molecule has 35 heavy (non-hydrogen) atoms. The molecule has 0 aliphatic carbocycles. The Kier molecular flexibility index (Phi) is 8.06. The van der Waals surface area contributed by atoms with Gasteiger partial charge in [0.25, 0.3) is 5.91 Å². The molecular weight excluding hydrogens is 506 g/mol. The van der Waals surface area contributed by atoms with Crippen LogP contribution in [0.2, 0.25) is 0 Å². The Hall–Kier alpha value is -3.35. The van der Waals surface area contributed by atoms with E-state index in [1.807, 2.05) is 42.5 Å². The maximum absolute atomic E-state index is 12.8. The molecule has 180 valence electrons. The number of nitrogens with one attached hydrogen (secondary N) is 3. The smallest absolute Gasteiger partial charge is 0.266 e. The van der Waals surface area contributed by atoms with Crippen molar-refractivity contribution < 1.29 is 19.1 Å². The zero-order valence-electron chi connectivity index (χ0n) is 18.6. The molecule has 1 aliphatic rings. The van der Waals surface area contributed by atoms with E-state index in [2.05, 4.69) is 20.8 Å². The number of nitrogens with zero attached hydrogens (tertiary/aromatic N) is 2. The Bertz CT molecular complexity index is 1290. The number of ether oxygens (including phenoxy) is 1. The number of amides is 3. The highest BCUT2D eigenvalue weighted by molar-refractivity contribution is 8.26. The second kappa shape index (κ2) is 11.4. The van der Waals surface area contributed by atoms with Crippen LogP contribution in [0.25, 0.3) is 17.1 Å². The number of aromatic amines is 1. The largest absolute Gasteiger partial charge is 0.496 e. The van der Waals surface area contributed by atoms with Crippen molar-refractivity contribution in [3.8, 4) is 5.75 Å². The molecule has 1 saturated heterocycles. The zero-order valence-corrected chi connectivity index (χ0v) is 21.0. The second-order valence-corrected chi connectivity index (χ2v) is 9.91. The monoisotopic (exact) mass is 527 g/mol. The standard InChI is InChI=1S/C23H21N5O4S3/c1-32-17-9-5-2-6-14(17)12-18-21(31)28(23(33)35-18)11-10-19(29)26-27-20(30)13-34-22-24-15-7-3-4-8-16(15)25-22/h2-9,12H,10-11,13H2,1H3,(H,24,25)(H,26,29)(H,27,30)/b18-12-. The number of thiocarbonyl (C=S) groups is 1. The van der Waals surface area contributed by atoms with Crippen LogP contribution in [0.4, 0.5) is 0 Å². The van der Waals surface area contributed by atoms with E-state index in [9.17, 15) is 14.4 Å². The predicted molar refractivity (Wildman–Crippen MR) is 141 cm³/mol. The Balaban J connectivity index is 1.23. The van der Waals surface area contributed by atoms with Crippen LogP contribution in [-0.4, -0.2) is 56.3 Å². The van der Waals surface area contributed by atoms with Gasteiger partial charge in [0.1, 0.15) is 10.1 Å². The summed E-state index contributed by atoms with van der Waals surface area (Å²) in [5.41, 5.74) is 7.20. The summed E-state index contributed by atoms with van der Waals surface area (Å²) in [6.45, 7) is 0.101. The third kappa shape index (κ3) is 6.21. The first kappa shape index (κ1) is 24.8. The molecule has 1 fully saturated rings. The second-order valence-electron chi connectivity index (χ2n) is 7.27. The number of hydrogen-bond acceptors (Lipinski definition) is 8. The van der Waals surface area contributed by atoms with Gasteiger partial charge < -0.3 is 9.72 Å². The topological polar surface area (TPSA) is 116 Å². The number of hydrazine groups is 1. The van der Waals surface area contributed by atoms with Gasteiger partial charge in [-0.05, 0) is 24.3 Å². The van der Waals surface area contributed by atoms with Gasteiger partial charge in [0.05, 0.1) is 28.8 Å². The number of aromatic nitrogens is 2. The number of benzene rings is 2. The number of carbonyl (C=O) groups is 3. The van der Waals surface area contributed by atoms with Crippen LogP contribution in [0, 0.1) is 0 Å². The number of rotatable bonds is 8. The minimum Gasteiger partial charge on any atom is -0.496 e. The molecule has 1 aliphatic heterocycles. The third-order valence-electron chi connectivity index (χ3n) is 4.91. The number of thioether (sulfide) groups is 2. The molecule has 0 saturated carbocycles. The fourth-order valence-electron chi connectivity index (χ4n) is 3.20. The lowest BCUT2D eigenvalue weighted by Crippen LogP contribution is -2.44. The molecule has 3 amide bonds. The fourth-order valence-corrected chi connectivity index (χ4v) is 5.19. The van der Waals surface area contributed by atoms with Gasteiger partial charge in [0, 0.05) is 18.5 Å². The predicted octanol–water partition coefficient (Wildman–Crippen LogP) is 3.10. The molecule has 0 spiro atoms. The van der Waals surface area contributed by atoms with E-state index in [4.69, 9.17) is 17.0 Å². The molecule has 2 heterocycles. The molecule has 12 heteroatoms. The molecule has 0 bridgehead atoms. The summed E-state index contributed by atoms with van der Waals surface area (Å²) in [7, 11) is 1.56. The quantitative estimate of drug-likeness (QED) is 0.177. The van der Waals surface area contributed by atoms with Crippen LogP contribution in [0.1, 0.15) is 12.0 Å². The van der Waals surface area contributed by atoms with Gasteiger partial charge in [-0.25, -0.2) is 4.98 Å². The van der Waals surface area contributed by atoms with Gasteiger partial charge in [-0.3, -0.25) is 30.1 Å². The summed E-state index contributed by atoms with van der Waals surface area (Å²) in [6.07, 6.45) is 1.70. The molecule has 0 radical (unpaired) electrons. The van der Waals surface area contributed by atoms with E-state index in [-0.39, 0.29) is 30.5 Å². The van der Waals surface area contributed by atoms with E-state index >= 15 is 0 Å². The highest BCUT2D eigenvalue weighted by Crippen LogP contribution is 2.34. The van der Waals surface area contributed by atoms with Crippen LogP contribution in [0.15, 0.2) is 58.6 Å². The molecule has 3 aromatic rings. The first-order valence-corrected chi connectivity index (χ1v) is 12.7. The van der Waals surface area contributed by atoms with E-state index in [1.54, 1.807) is 19.3 Å². The summed E-state index contributed by atoms with van der Waals surface area (Å²) in [5.74, 6) is -0.372. The molecule has 9 nitrogen and oxygen atoms in total. The normalized spacial score (nSPS) is 14.5. The Labute approximate surface area is 215 Å². The zero-order chi connectivity index (χ0) is 24.8. The van der Waals surface area contributed by atoms with Crippen molar-refractivity contribution in [1.29, 1.82) is 0 Å². The van der Waals surface area contributed by atoms with Crippen LogP contribution in [0.3, 0.4) is 0 Å². The number of hydrogen-bond donors (Lipinski definition) is 3. The average molecular weight is 528 g/mol. The molecule has 3 N–H and O–H groups in total. The van der Waals surface area contributed by atoms with Crippen molar-refractivity contribution in [1.82, 2.24) is 25.7 Å². The summed E-state index contributed by atoms with van der Waals surface area (Å²) in [6, 6.07) is 14.9. The maximum atomic E-state index is 12.8. The van der Waals surface area contributed by atoms with Crippen LogP contribution < -0.4 is 15.6 Å². The highest BCUT2D eigenvalue weighted by atomic mass is 32.2. The van der Waals surface area contributed by atoms with Gasteiger partial charge in [0.2, 0.25) is 11.8 Å². The molecule has 1 aromatic heterocycles. The number of imidazole rings is 1. The van der Waals surface area contributed by atoms with Crippen molar-refractivity contribution in [3.63, 3.8) is 0 Å². The van der Waals surface area contributed by atoms with Gasteiger partial charge in [-0.15, -0.1) is 0 Å². The molecule has 4 rings (SSSR count). The Morgan fingerprint density at radius 3 is 2.71 bits per heavy atom. The molecule has 2 aromatic carbocycles. The number of fused-ring (bicyclic) bond motifs is 1. The molecule has 0 unspecified atom stereocenters. The maximum Gasteiger partial charge on any atom is 0.266 e. The minimum absolute atomic E-state index is 0.0224. The van der Waals surface area contributed by atoms with Gasteiger partial charge in [-0.2, -0.15) is 0 Å². The van der Waals surface area contributed by atoms with Gasteiger partial charge in [-0.1, -0.05) is 66.1 Å². The Morgan fingerprint density at radius 2 is 1.91 bits per heavy atom. The number of carbonyl (C=O) groups excluding carboxylic acids is 3. The van der Waals surface area contributed by atoms with Crippen molar-refractivity contribution >= 4 is 74.9 Å². The van der Waals surface area contributed by atoms with Crippen molar-refractivity contribution in [2.75, 3.05) is 19.4 Å². The average Bonchev–Trinajstić information content (AvgIpc) is 3.40. The summed E-state index contributed by atoms with van der Waals surface area (Å²) < 4.78 is 5.69. The third-order valence-corrected chi connectivity index (χ3v) is 7.16. The summed E-state index contributed by atoms with van der Waals surface area (Å²) >= 11 is 7.72. The van der Waals surface area contributed by atoms with Crippen molar-refractivity contribution in [3.05, 3.63) is 59.0 Å². The van der Waals surface area contributed by atoms with Crippen LogP contribution in [-0.2, 0) is 14.4 Å². The first-order chi connectivity index (χ1) is 16.9. The summed E-state index contributed by atoms with van der Waals surface area (Å²) in [5, 5.41) is 0.614. The number of methoxy groups -OCH3 is 1.